The molecule has 2 amide bonds. The van der Waals surface area contributed by atoms with Crippen molar-refractivity contribution in [2.24, 2.45) is 11.0 Å². The van der Waals surface area contributed by atoms with Gasteiger partial charge in [0.2, 0.25) is 11.8 Å². The molecule has 0 aliphatic carbocycles. The number of phenols is 1. The summed E-state index contributed by atoms with van der Waals surface area (Å²) < 4.78 is 6.18. The number of nitrogens with one attached hydrogen (secondary N) is 1. The first-order valence-electron chi connectivity index (χ1n) is 8.82. The van der Waals surface area contributed by atoms with Gasteiger partial charge in [0.25, 0.3) is 0 Å². The summed E-state index contributed by atoms with van der Waals surface area (Å²) in [5.41, 5.74) is 3.64. The number of hydrogen-bond donors (Lipinski definition) is 2. The zero-order chi connectivity index (χ0) is 20.1. The molecule has 0 unspecified atom stereocenters. The Morgan fingerprint density at radius 1 is 1.36 bits per heavy atom. The number of aromatic hydroxyl groups is 1. The summed E-state index contributed by atoms with van der Waals surface area (Å²) in [4.78, 5) is 26.3. The van der Waals surface area contributed by atoms with E-state index in [1.54, 1.807) is 41.3 Å². The van der Waals surface area contributed by atoms with E-state index in [0.717, 1.165) is 15.9 Å². The van der Waals surface area contributed by atoms with Crippen molar-refractivity contribution in [3.8, 4) is 11.5 Å². The largest absolute Gasteiger partial charge is 0.507 e. The van der Waals surface area contributed by atoms with Crippen LogP contribution in [0, 0.1) is 5.92 Å². The number of carbonyl (C=O) groups excluding carboxylic acids is 2. The van der Waals surface area contributed by atoms with Gasteiger partial charge in [-0.3, -0.25) is 9.59 Å². The van der Waals surface area contributed by atoms with E-state index < -0.39 is 5.92 Å². The predicted molar refractivity (Wildman–Crippen MR) is 110 cm³/mol. The lowest BCUT2D eigenvalue weighted by Gasteiger charge is -2.17. The van der Waals surface area contributed by atoms with Gasteiger partial charge < -0.3 is 14.7 Å². The first-order valence-corrected chi connectivity index (χ1v) is 9.62. The average molecular weight is 446 g/mol. The van der Waals surface area contributed by atoms with Gasteiger partial charge in [-0.1, -0.05) is 15.9 Å². The summed E-state index contributed by atoms with van der Waals surface area (Å²) in [7, 11) is 0. The number of halogens is 1. The standard InChI is InChI=1S/C20H20BrN3O4/c1-2-28-17-6-4-16(5-7-17)24-12-14(10-19(24)26)20(27)23-22-11-13-9-15(21)3-8-18(13)25/h3-9,11,14,25H,2,10,12H2,1H3,(H,23,27)/b22-11-/t14-/m0/s1. The molecule has 1 heterocycles. The highest BCUT2D eigenvalue weighted by molar-refractivity contribution is 9.10. The fraction of sp³-hybridized carbons (Fsp3) is 0.250. The molecule has 8 heteroatoms. The Morgan fingerprint density at radius 3 is 2.82 bits per heavy atom. The molecule has 2 aromatic carbocycles. The molecule has 1 atom stereocenters. The van der Waals surface area contributed by atoms with Gasteiger partial charge in [0.15, 0.2) is 0 Å². The lowest BCUT2D eigenvalue weighted by molar-refractivity contribution is -0.126. The van der Waals surface area contributed by atoms with Gasteiger partial charge in [-0.15, -0.1) is 0 Å². The summed E-state index contributed by atoms with van der Waals surface area (Å²) in [5.74, 6) is -0.158. The van der Waals surface area contributed by atoms with E-state index in [0.29, 0.717) is 12.2 Å². The third-order valence-corrected chi connectivity index (χ3v) is 4.82. The number of ether oxygens (including phenoxy) is 1. The molecule has 1 aliphatic rings. The fourth-order valence-electron chi connectivity index (χ4n) is 2.91. The third-order valence-electron chi connectivity index (χ3n) is 4.32. The highest BCUT2D eigenvalue weighted by atomic mass is 79.9. The van der Waals surface area contributed by atoms with Crippen molar-refractivity contribution < 1.29 is 19.4 Å². The van der Waals surface area contributed by atoms with E-state index in [4.69, 9.17) is 4.74 Å². The average Bonchev–Trinajstić information content (AvgIpc) is 3.07. The highest BCUT2D eigenvalue weighted by Crippen LogP contribution is 2.27. The number of rotatable bonds is 6. The van der Waals surface area contributed by atoms with Crippen LogP contribution in [0.4, 0.5) is 5.69 Å². The third kappa shape index (κ3) is 4.69. The predicted octanol–water partition coefficient (Wildman–Crippen LogP) is 3.06. The Hall–Kier alpha value is -2.87. The first kappa shape index (κ1) is 19.9. The van der Waals surface area contributed by atoms with Crippen molar-refractivity contribution in [2.45, 2.75) is 13.3 Å². The highest BCUT2D eigenvalue weighted by Gasteiger charge is 2.35. The van der Waals surface area contributed by atoms with E-state index in [1.165, 1.54) is 12.3 Å². The minimum absolute atomic E-state index is 0.0546. The van der Waals surface area contributed by atoms with Gasteiger partial charge in [0, 0.05) is 28.7 Å². The number of carbonyl (C=O) groups is 2. The Labute approximate surface area is 171 Å². The molecule has 0 bridgehead atoms. The molecule has 146 valence electrons. The zero-order valence-corrected chi connectivity index (χ0v) is 16.8. The van der Waals surface area contributed by atoms with Crippen molar-refractivity contribution in [3.05, 3.63) is 52.5 Å². The molecule has 0 radical (unpaired) electrons. The Balaban J connectivity index is 1.60. The van der Waals surface area contributed by atoms with Crippen LogP contribution in [0.5, 0.6) is 11.5 Å². The number of nitrogens with zero attached hydrogens (tertiary/aromatic N) is 2. The second-order valence-corrected chi connectivity index (χ2v) is 7.19. The van der Waals surface area contributed by atoms with Crippen LogP contribution in [0.25, 0.3) is 0 Å². The molecule has 0 aromatic heterocycles. The summed E-state index contributed by atoms with van der Waals surface area (Å²) in [5, 5.41) is 13.7. The van der Waals surface area contributed by atoms with Crippen LogP contribution < -0.4 is 15.1 Å². The number of hydrazone groups is 1. The van der Waals surface area contributed by atoms with E-state index >= 15 is 0 Å². The molecule has 3 rings (SSSR count). The van der Waals surface area contributed by atoms with Crippen LogP contribution in [-0.4, -0.2) is 36.3 Å². The second kappa shape index (κ2) is 8.88. The maximum Gasteiger partial charge on any atom is 0.245 e. The normalized spacial score (nSPS) is 16.6. The second-order valence-electron chi connectivity index (χ2n) is 6.27. The van der Waals surface area contributed by atoms with Gasteiger partial charge in [0.05, 0.1) is 18.7 Å². The molecular weight excluding hydrogens is 426 g/mol. The van der Waals surface area contributed by atoms with Crippen LogP contribution in [0.3, 0.4) is 0 Å². The van der Waals surface area contributed by atoms with Crippen LogP contribution in [-0.2, 0) is 9.59 Å². The Kier molecular flexibility index (Phi) is 6.30. The fourth-order valence-corrected chi connectivity index (χ4v) is 3.29. The maximum atomic E-state index is 12.4. The number of amides is 2. The molecular formula is C20H20BrN3O4. The molecule has 1 fully saturated rings. The smallest absolute Gasteiger partial charge is 0.245 e. The van der Waals surface area contributed by atoms with E-state index in [1.807, 2.05) is 6.92 Å². The lowest BCUT2D eigenvalue weighted by Crippen LogP contribution is -2.30. The van der Waals surface area contributed by atoms with Crippen molar-refractivity contribution in [1.29, 1.82) is 0 Å². The maximum absolute atomic E-state index is 12.4. The molecule has 1 aliphatic heterocycles. The number of hydrogen-bond acceptors (Lipinski definition) is 5. The van der Waals surface area contributed by atoms with Crippen molar-refractivity contribution in [2.75, 3.05) is 18.1 Å². The molecule has 28 heavy (non-hydrogen) atoms. The van der Waals surface area contributed by atoms with E-state index in [9.17, 15) is 14.7 Å². The zero-order valence-electron chi connectivity index (χ0n) is 15.3. The molecule has 0 spiro atoms. The molecule has 2 aromatic rings. The quantitative estimate of drug-likeness (QED) is 0.527. The summed E-state index contributed by atoms with van der Waals surface area (Å²) in [6, 6.07) is 12.1. The van der Waals surface area contributed by atoms with Gasteiger partial charge in [-0.05, 0) is 49.4 Å². The molecule has 7 nitrogen and oxygen atoms in total. The van der Waals surface area contributed by atoms with Crippen molar-refractivity contribution in [3.63, 3.8) is 0 Å². The van der Waals surface area contributed by atoms with E-state index in [-0.39, 0.29) is 30.5 Å². The van der Waals surface area contributed by atoms with Crippen LogP contribution in [0.2, 0.25) is 0 Å². The topological polar surface area (TPSA) is 91.2 Å². The Bertz CT molecular complexity index is 899. The van der Waals surface area contributed by atoms with Gasteiger partial charge in [-0.2, -0.15) is 5.10 Å². The van der Waals surface area contributed by atoms with Crippen LogP contribution >= 0.6 is 15.9 Å². The van der Waals surface area contributed by atoms with Gasteiger partial charge in [0.1, 0.15) is 11.5 Å². The number of anilines is 1. The van der Waals surface area contributed by atoms with Crippen molar-refractivity contribution >= 4 is 39.6 Å². The molecule has 1 saturated heterocycles. The first-order chi connectivity index (χ1) is 13.5. The molecule has 2 N–H and O–H groups in total. The van der Waals surface area contributed by atoms with E-state index in [2.05, 4.69) is 26.5 Å². The number of benzene rings is 2. The van der Waals surface area contributed by atoms with Gasteiger partial charge in [-0.25, -0.2) is 5.43 Å². The Morgan fingerprint density at radius 2 is 2.11 bits per heavy atom. The SMILES string of the molecule is CCOc1ccc(N2C[C@@H](C(=O)N/N=C\c3cc(Br)ccc3O)CC2=O)cc1. The minimum atomic E-state index is -0.493. The minimum Gasteiger partial charge on any atom is -0.507 e. The summed E-state index contributed by atoms with van der Waals surface area (Å²) in [6.07, 6.45) is 1.48. The monoisotopic (exact) mass is 445 g/mol. The summed E-state index contributed by atoms with van der Waals surface area (Å²) in [6.45, 7) is 2.76. The van der Waals surface area contributed by atoms with Crippen LogP contribution in [0.15, 0.2) is 52.0 Å². The molecule has 0 saturated carbocycles. The van der Waals surface area contributed by atoms with Gasteiger partial charge >= 0.3 is 0 Å². The summed E-state index contributed by atoms with van der Waals surface area (Å²) >= 11 is 3.31. The number of phenolic OH excluding ortho intramolecular Hbond substituents is 1. The lowest BCUT2D eigenvalue weighted by atomic mass is 10.1. The van der Waals surface area contributed by atoms with Crippen LogP contribution in [0.1, 0.15) is 18.9 Å². The van der Waals surface area contributed by atoms with Crippen molar-refractivity contribution in [1.82, 2.24) is 5.43 Å².